The topological polar surface area (TPSA) is 96.0 Å². The van der Waals surface area contributed by atoms with Crippen LogP contribution in [0.3, 0.4) is 0 Å². The number of halogens is 2. The van der Waals surface area contributed by atoms with Crippen LogP contribution < -0.4 is 14.4 Å². The molecule has 0 bridgehead atoms. The quantitative estimate of drug-likeness (QED) is 0.193. The summed E-state index contributed by atoms with van der Waals surface area (Å²) in [6.45, 7) is 6.77. The highest BCUT2D eigenvalue weighted by Crippen LogP contribution is 2.30. The molecule has 0 aliphatic heterocycles. The van der Waals surface area contributed by atoms with E-state index < -0.39 is 16.1 Å². The van der Waals surface area contributed by atoms with Gasteiger partial charge in [0, 0.05) is 42.5 Å². The molecule has 11 heteroatoms. The molecule has 0 aliphatic carbocycles. The minimum absolute atomic E-state index is 0.00319. The Morgan fingerprint density at radius 1 is 0.977 bits per heavy atom. The van der Waals surface area contributed by atoms with Crippen LogP contribution in [0.4, 0.5) is 5.69 Å². The number of carbonyl (C=O) groups excluding carboxylic acids is 2. The molecule has 44 heavy (non-hydrogen) atoms. The van der Waals surface area contributed by atoms with Crippen molar-refractivity contribution in [3.63, 3.8) is 0 Å². The summed E-state index contributed by atoms with van der Waals surface area (Å²) in [6, 6.07) is 20.6. The highest BCUT2D eigenvalue weighted by molar-refractivity contribution is 7.92. The van der Waals surface area contributed by atoms with Gasteiger partial charge in [-0.25, -0.2) is 8.42 Å². The molecule has 3 aromatic rings. The molecular formula is C33H41Cl2N3O5S. The van der Waals surface area contributed by atoms with Crippen molar-refractivity contribution in [1.29, 1.82) is 0 Å². The monoisotopic (exact) mass is 661 g/mol. The Kier molecular flexibility index (Phi) is 13.4. The van der Waals surface area contributed by atoms with Gasteiger partial charge in [-0.1, -0.05) is 85.6 Å². The third-order valence-corrected chi connectivity index (χ3v) is 8.66. The number of hydrogen-bond acceptors (Lipinski definition) is 5. The van der Waals surface area contributed by atoms with Crippen molar-refractivity contribution in [3.05, 3.63) is 94.0 Å². The van der Waals surface area contributed by atoms with Crippen molar-refractivity contribution in [3.8, 4) is 5.75 Å². The first-order valence-electron chi connectivity index (χ1n) is 14.6. The first kappa shape index (κ1) is 35.2. The Morgan fingerprint density at radius 3 is 2.30 bits per heavy atom. The summed E-state index contributed by atoms with van der Waals surface area (Å²) in [5.74, 6) is 0.0795. The Labute approximate surface area is 271 Å². The van der Waals surface area contributed by atoms with Crippen molar-refractivity contribution >= 4 is 50.7 Å². The number of benzene rings is 3. The summed E-state index contributed by atoms with van der Waals surface area (Å²) in [5.41, 5.74) is 1.94. The first-order valence-corrected chi connectivity index (χ1v) is 17.3. The fourth-order valence-electron chi connectivity index (χ4n) is 4.73. The van der Waals surface area contributed by atoms with Gasteiger partial charge in [0.05, 0.1) is 18.6 Å². The fourth-order valence-corrected chi connectivity index (χ4v) is 6.17. The second kappa shape index (κ2) is 16.7. The van der Waals surface area contributed by atoms with E-state index in [-0.39, 0.29) is 43.7 Å². The molecule has 1 N–H and O–H groups in total. The summed E-state index contributed by atoms with van der Waals surface area (Å²) in [6.07, 6.45) is 1.62. The maximum Gasteiger partial charge on any atom is 0.243 e. The van der Waals surface area contributed by atoms with Gasteiger partial charge in [0.15, 0.2) is 0 Å². The Balaban J connectivity index is 1.92. The van der Waals surface area contributed by atoms with Gasteiger partial charge in [-0.15, -0.1) is 0 Å². The molecular weight excluding hydrogens is 621 g/mol. The molecule has 0 aliphatic rings. The number of nitrogens with zero attached hydrogens (tertiary/aromatic N) is 2. The van der Waals surface area contributed by atoms with Gasteiger partial charge in [0.25, 0.3) is 0 Å². The Hall–Kier alpha value is -3.27. The molecule has 0 radical (unpaired) electrons. The van der Waals surface area contributed by atoms with Crippen LogP contribution in [0, 0.1) is 5.92 Å². The van der Waals surface area contributed by atoms with Crippen molar-refractivity contribution in [1.82, 2.24) is 10.2 Å². The smallest absolute Gasteiger partial charge is 0.243 e. The molecule has 2 amide bonds. The first-order chi connectivity index (χ1) is 20.9. The number of hydrogen-bond donors (Lipinski definition) is 1. The average Bonchev–Trinajstić information content (AvgIpc) is 2.97. The van der Waals surface area contributed by atoms with Crippen LogP contribution >= 0.6 is 23.2 Å². The molecule has 0 saturated heterocycles. The summed E-state index contributed by atoms with van der Waals surface area (Å²) in [7, 11) is -3.69. The van der Waals surface area contributed by atoms with Crippen molar-refractivity contribution < 1.29 is 22.7 Å². The number of amides is 2. The summed E-state index contributed by atoms with van der Waals surface area (Å²) >= 11 is 12.7. The van der Waals surface area contributed by atoms with Gasteiger partial charge in [-0.2, -0.15) is 0 Å². The normalized spacial score (nSPS) is 12.1. The second-order valence-electron chi connectivity index (χ2n) is 10.9. The van der Waals surface area contributed by atoms with E-state index >= 15 is 0 Å². The van der Waals surface area contributed by atoms with E-state index in [1.807, 2.05) is 51.1 Å². The minimum atomic E-state index is -3.69. The van der Waals surface area contributed by atoms with E-state index in [2.05, 4.69) is 5.32 Å². The van der Waals surface area contributed by atoms with E-state index in [0.717, 1.165) is 11.8 Å². The summed E-state index contributed by atoms with van der Waals surface area (Å²) < 4.78 is 32.6. The molecule has 3 aromatic carbocycles. The number of para-hydroxylation sites is 2. The lowest BCUT2D eigenvalue weighted by atomic mass is 10.0. The summed E-state index contributed by atoms with van der Waals surface area (Å²) in [4.78, 5) is 29.2. The maximum absolute atomic E-state index is 14.0. The number of sulfonamides is 1. The maximum atomic E-state index is 14.0. The van der Waals surface area contributed by atoms with Crippen molar-refractivity contribution in [2.45, 2.75) is 52.6 Å². The van der Waals surface area contributed by atoms with Gasteiger partial charge in [-0.3, -0.25) is 13.9 Å². The van der Waals surface area contributed by atoms with Crippen LogP contribution in [0.1, 0.15) is 44.7 Å². The molecule has 3 rings (SSSR count). The molecule has 0 fully saturated rings. The van der Waals surface area contributed by atoms with Crippen LogP contribution in [-0.2, 0) is 32.6 Å². The molecule has 238 valence electrons. The number of carbonyl (C=O) groups is 2. The van der Waals surface area contributed by atoms with Crippen LogP contribution in [0.15, 0.2) is 72.8 Å². The zero-order valence-corrected chi connectivity index (χ0v) is 28.0. The Bertz CT molecular complexity index is 1500. The van der Waals surface area contributed by atoms with E-state index in [1.54, 1.807) is 42.5 Å². The minimum Gasteiger partial charge on any atom is -0.492 e. The van der Waals surface area contributed by atoms with E-state index in [4.69, 9.17) is 27.9 Å². The van der Waals surface area contributed by atoms with E-state index in [1.165, 1.54) is 9.21 Å². The van der Waals surface area contributed by atoms with E-state index in [0.29, 0.717) is 46.6 Å². The molecule has 0 unspecified atom stereocenters. The van der Waals surface area contributed by atoms with Gasteiger partial charge >= 0.3 is 0 Å². The lowest BCUT2D eigenvalue weighted by Gasteiger charge is -2.32. The third kappa shape index (κ3) is 10.4. The highest BCUT2D eigenvalue weighted by atomic mass is 35.5. The Morgan fingerprint density at radius 2 is 1.66 bits per heavy atom. The lowest BCUT2D eigenvalue weighted by molar-refractivity contribution is -0.141. The number of anilines is 1. The second-order valence-corrected chi connectivity index (χ2v) is 13.7. The van der Waals surface area contributed by atoms with Gasteiger partial charge in [0.2, 0.25) is 21.8 Å². The molecule has 1 atom stereocenters. The van der Waals surface area contributed by atoms with Crippen molar-refractivity contribution in [2.75, 3.05) is 30.3 Å². The molecule has 0 saturated carbocycles. The number of ether oxygens (including phenoxy) is 1. The largest absolute Gasteiger partial charge is 0.492 e. The lowest BCUT2D eigenvalue weighted by Crippen LogP contribution is -2.51. The van der Waals surface area contributed by atoms with Crippen molar-refractivity contribution in [2.24, 2.45) is 5.92 Å². The predicted octanol–water partition coefficient (Wildman–Crippen LogP) is 6.35. The van der Waals surface area contributed by atoms with Gasteiger partial charge < -0.3 is 15.0 Å². The number of nitrogens with one attached hydrogen (secondary N) is 1. The van der Waals surface area contributed by atoms with Crippen LogP contribution in [0.2, 0.25) is 10.0 Å². The SMILES string of the molecule is CCOc1ccccc1N(CCCC(=O)N(Cc1ccc(Cl)cc1Cl)[C@H](Cc1ccccc1)C(=O)NCC(C)C)S(C)(=O)=O. The summed E-state index contributed by atoms with van der Waals surface area (Å²) in [5, 5.41) is 3.83. The highest BCUT2D eigenvalue weighted by Gasteiger charge is 2.31. The van der Waals surface area contributed by atoms with Gasteiger partial charge in [-0.05, 0) is 54.7 Å². The molecule has 8 nitrogen and oxygen atoms in total. The van der Waals surface area contributed by atoms with Crippen LogP contribution in [-0.4, -0.2) is 57.1 Å². The molecule has 0 aromatic heterocycles. The van der Waals surface area contributed by atoms with Gasteiger partial charge in [0.1, 0.15) is 11.8 Å². The zero-order chi connectivity index (χ0) is 32.3. The molecule has 0 heterocycles. The number of rotatable bonds is 16. The van der Waals surface area contributed by atoms with Crippen LogP contribution in [0.5, 0.6) is 5.75 Å². The third-order valence-electron chi connectivity index (χ3n) is 6.90. The predicted molar refractivity (Wildman–Crippen MR) is 178 cm³/mol. The average molecular weight is 663 g/mol. The molecule has 0 spiro atoms. The van der Waals surface area contributed by atoms with Crippen LogP contribution in [0.25, 0.3) is 0 Å². The standard InChI is InChI=1S/C33H41Cl2N3O5S/c1-5-43-31-15-10-9-14-29(31)38(44(4,41)42)19-11-16-32(39)37(23-26-17-18-27(34)21-28(26)35)30(33(40)36-22-24(2)3)20-25-12-7-6-8-13-25/h6-10,12-15,17-18,21,24,30H,5,11,16,19-20,22-23H2,1-4H3,(H,36,40)/t30-/m1/s1. The van der Waals surface area contributed by atoms with E-state index in [9.17, 15) is 18.0 Å². The zero-order valence-electron chi connectivity index (χ0n) is 25.6. The fraction of sp³-hybridized carbons (Fsp3) is 0.394.